The first-order valence-corrected chi connectivity index (χ1v) is 10.5. The van der Waals surface area contributed by atoms with E-state index in [0.717, 1.165) is 5.69 Å². The summed E-state index contributed by atoms with van der Waals surface area (Å²) in [7, 11) is 3.84. The van der Waals surface area contributed by atoms with E-state index in [9.17, 15) is 19.7 Å². The number of carbonyl (C=O) groups excluding carboxylic acids is 2. The maximum atomic E-state index is 13.0. The third kappa shape index (κ3) is 6.12. The quantitative estimate of drug-likeness (QED) is 0.498. The standard InChI is InChI=1S/C21H23N5O4S/c1-24(2)11-12-25-20(28)18(31-21(25)23-15-7-4-3-5-8-15)14-19(27)22-16-9-6-10-17(13-16)26(29)30/h3-10,13,18H,11-12,14H2,1-2H3,(H,22,27)/t18-/m1/s1. The zero-order chi connectivity index (χ0) is 22.4. The summed E-state index contributed by atoms with van der Waals surface area (Å²) < 4.78 is 0. The highest BCUT2D eigenvalue weighted by molar-refractivity contribution is 8.15. The lowest BCUT2D eigenvalue weighted by Gasteiger charge is -2.19. The molecule has 0 spiro atoms. The van der Waals surface area contributed by atoms with Gasteiger partial charge in [-0.15, -0.1) is 0 Å². The number of hydrogen-bond acceptors (Lipinski definition) is 7. The number of amides is 2. The number of anilines is 1. The van der Waals surface area contributed by atoms with Gasteiger partial charge in [0.2, 0.25) is 11.8 Å². The number of rotatable bonds is 8. The number of nitrogens with one attached hydrogen (secondary N) is 1. The Morgan fingerprint density at radius 1 is 1.23 bits per heavy atom. The lowest BCUT2D eigenvalue weighted by Crippen LogP contribution is -2.38. The molecule has 31 heavy (non-hydrogen) atoms. The van der Waals surface area contributed by atoms with Crippen molar-refractivity contribution in [3.63, 3.8) is 0 Å². The molecule has 0 unspecified atom stereocenters. The van der Waals surface area contributed by atoms with Crippen LogP contribution in [0, 0.1) is 10.1 Å². The van der Waals surface area contributed by atoms with E-state index in [1.807, 2.05) is 49.3 Å². The second kappa shape index (κ2) is 10.2. The number of nitrogens with zero attached hydrogens (tertiary/aromatic N) is 4. The van der Waals surface area contributed by atoms with E-state index in [2.05, 4.69) is 10.3 Å². The minimum atomic E-state index is -0.608. The summed E-state index contributed by atoms with van der Waals surface area (Å²) in [4.78, 5) is 44.1. The lowest BCUT2D eigenvalue weighted by molar-refractivity contribution is -0.384. The molecule has 162 valence electrons. The fourth-order valence-corrected chi connectivity index (χ4v) is 4.11. The number of hydrogen-bond donors (Lipinski definition) is 1. The number of nitro benzene ring substituents is 1. The maximum Gasteiger partial charge on any atom is 0.271 e. The summed E-state index contributed by atoms with van der Waals surface area (Å²) in [6.45, 7) is 1.13. The normalized spacial score (nSPS) is 17.4. The second-order valence-electron chi connectivity index (χ2n) is 7.19. The second-order valence-corrected chi connectivity index (χ2v) is 8.36. The molecular formula is C21H23N5O4S. The van der Waals surface area contributed by atoms with Gasteiger partial charge in [0.25, 0.3) is 5.69 Å². The molecule has 10 heteroatoms. The van der Waals surface area contributed by atoms with Crippen LogP contribution >= 0.6 is 11.8 Å². The van der Waals surface area contributed by atoms with Gasteiger partial charge < -0.3 is 10.2 Å². The van der Waals surface area contributed by atoms with Crippen molar-refractivity contribution >= 4 is 45.8 Å². The average Bonchev–Trinajstić information content (AvgIpc) is 3.01. The largest absolute Gasteiger partial charge is 0.326 e. The Labute approximate surface area is 184 Å². The molecule has 0 bridgehead atoms. The summed E-state index contributed by atoms with van der Waals surface area (Å²) >= 11 is 1.26. The van der Waals surface area contributed by atoms with Gasteiger partial charge in [-0.05, 0) is 32.3 Å². The molecule has 0 aliphatic carbocycles. The molecule has 0 aromatic heterocycles. The maximum absolute atomic E-state index is 13.0. The predicted molar refractivity (Wildman–Crippen MR) is 122 cm³/mol. The third-order valence-corrected chi connectivity index (χ3v) is 5.66. The zero-order valence-electron chi connectivity index (χ0n) is 17.2. The van der Waals surface area contributed by atoms with Gasteiger partial charge in [-0.3, -0.25) is 24.6 Å². The molecule has 1 N–H and O–H groups in total. The predicted octanol–water partition coefficient (Wildman–Crippen LogP) is 3.12. The van der Waals surface area contributed by atoms with Crippen molar-refractivity contribution in [1.29, 1.82) is 0 Å². The van der Waals surface area contributed by atoms with E-state index in [1.165, 1.54) is 30.0 Å². The molecule has 0 saturated carbocycles. The summed E-state index contributed by atoms with van der Waals surface area (Å²) in [5.41, 5.74) is 0.933. The molecule has 3 rings (SSSR count). The van der Waals surface area contributed by atoms with E-state index >= 15 is 0 Å². The first-order valence-electron chi connectivity index (χ1n) is 9.64. The molecule has 2 aromatic rings. The SMILES string of the molecule is CN(C)CCN1C(=O)[C@@H](CC(=O)Nc2cccc([N+](=O)[O-])c2)SC1=Nc1ccccc1. The molecule has 2 aromatic carbocycles. The van der Waals surface area contributed by atoms with Crippen molar-refractivity contribution in [2.45, 2.75) is 11.7 Å². The van der Waals surface area contributed by atoms with Crippen LogP contribution in [0.4, 0.5) is 17.1 Å². The Morgan fingerprint density at radius 2 is 1.97 bits per heavy atom. The number of aliphatic imine (C=N–C) groups is 1. The van der Waals surface area contributed by atoms with Crippen LogP contribution in [0.1, 0.15) is 6.42 Å². The van der Waals surface area contributed by atoms with E-state index in [1.54, 1.807) is 11.0 Å². The summed E-state index contributed by atoms with van der Waals surface area (Å²) in [6.07, 6.45) is -0.0571. The molecule has 0 radical (unpaired) electrons. The van der Waals surface area contributed by atoms with Crippen LogP contribution in [0.25, 0.3) is 0 Å². The van der Waals surface area contributed by atoms with E-state index in [4.69, 9.17) is 0 Å². The van der Waals surface area contributed by atoms with Crippen LogP contribution in [0.15, 0.2) is 59.6 Å². The highest BCUT2D eigenvalue weighted by Crippen LogP contribution is 2.32. The van der Waals surface area contributed by atoms with E-state index < -0.39 is 10.2 Å². The number of para-hydroxylation sites is 1. The first kappa shape index (κ1) is 22.4. The van der Waals surface area contributed by atoms with E-state index in [-0.39, 0.29) is 23.9 Å². The number of nitro groups is 1. The fraction of sp³-hybridized carbons (Fsp3) is 0.286. The number of likely N-dealkylation sites (N-methyl/N-ethyl adjacent to an activating group) is 1. The molecular weight excluding hydrogens is 418 g/mol. The molecule has 2 amide bonds. The first-order chi connectivity index (χ1) is 14.8. The Balaban J connectivity index is 1.72. The number of carbonyl (C=O) groups is 2. The number of non-ortho nitro benzene ring substituents is 1. The Kier molecular flexibility index (Phi) is 7.37. The van der Waals surface area contributed by atoms with Crippen molar-refractivity contribution < 1.29 is 14.5 Å². The monoisotopic (exact) mass is 441 g/mol. The van der Waals surface area contributed by atoms with Crippen LogP contribution < -0.4 is 5.32 Å². The summed E-state index contributed by atoms with van der Waals surface area (Å²) in [6, 6.07) is 15.0. The number of benzene rings is 2. The van der Waals surface area contributed by atoms with Gasteiger partial charge in [0, 0.05) is 37.3 Å². The summed E-state index contributed by atoms with van der Waals surface area (Å²) in [5.74, 6) is -0.560. The van der Waals surface area contributed by atoms with Gasteiger partial charge in [-0.2, -0.15) is 0 Å². The highest BCUT2D eigenvalue weighted by Gasteiger charge is 2.39. The van der Waals surface area contributed by atoms with Gasteiger partial charge in [-0.1, -0.05) is 36.0 Å². The fourth-order valence-electron chi connectivity index (χ4n) is 2.92. The van der Waals surface area contributed by atoms with Crippen molar-refractivity contribution in [1.82, 2.24) is 9.80 Å². The van der Waals surface area contributed by atoms with Crippen molar-refractivity contribution in [3.05, 3.63) is 64.7 Å². The van der Waals surface area contributed by atoms with E-state index in [0.29, 0.717) is 23.9 Å². The minimum Gasteiger partial charge on any atom is -0.326 e. The van der Waals surface area contributed by atoms with Crippen LogP contribution in [-0.4, -0.2) is 64.1 Å². The van der Waals surface area contributed by atoms with Crippen molar-refractivity contribution in [2.24, 2.45) is 4.99 Å². The zero-order valence-corrected chi connectivity index (χ0v) is 18.0. The highest BCUT2D eigenvalue weighted by atomic mass is 32.2. The molecule has 9 nitrogen and oxygen atoms in total. The number of thioether (sulfide) groups is 1. The van der Waals surface area contributed by atoms with Gasteiger partial charge in [0.05, 0.1) is 10.6 Å². The van der Waals surface area contributed by atoms with Gasteiger partial charge >= 0.3 is 0 Å². The Hall–Kier alpha value is -3.24. The van der Waals surface area contributed by atoms with Crippen LogP contribution in [0.2, 0.25) is 0 Å². The summed E-state index contributed by atoms with van der Waals surface area (Å²) in [5, 5.41) is 13.5. The van der Waals surface area contributed by atoms with Crippen LogP contribution in [0.3, 0.4) is 0 Å². The van der Waals surface area contributed by atoms with Gasteiger partial charge in [0.1, 0.15) is 5.25 Å². The van der Waals surface area contributed by atoms with Crippen molar-refractivity contribution in [2.75, 3.05) is 32.5 Å². The van der Waals surface area contributed by atoms with Gasteiger partial charge in [-0.25, -0.2) is 4.99 Å². The van der Waals surface area contributed by atoms with Crippen LogP contribution in [-0.2, 0) is 9.59 Å². The smallest absolute Gasteiger partial charge is 0.271 e. The topological polar surface area (TPSA) is 108 Å². The molecule has 1 fully saturated rings. The van der Waals surface area contributed by atoms with Crippen molar-refractivity contribution in [3.8, 4) is 0 Å². The molecule has 1 aliphatic rings. The molecule has 1 aliphatic heterocycles. The molecule has 1 heterocycles. The Morgan fingerprint density at radius 3 is 2.65 bits per heavy atom. The average molecular weight is 442 g/mol. The third-order valence-electron chi connectivity index (χ3n) is 4.48. The van der Waals surface area contributed by atoms with Gasteiger partial charge in [0.15, 0.2) is 5.17 Å². The van der Waals surface area contributed by atoms with Crippen LogP contribution in [0.5, 0.6) is 0 Å². The number of amidine groups is 1. The molecule has 1 atom stereocenters. The Bertz CT molecular complexity index is 996. The lowest BCUT2D eigenvalue weighted by atomic mass is 10.2. The molecule has 1 saturated heterocycles. The minimum absolute atomic E-state index is 0.0571.